The largest absolute Gasteiger partial charge is 0.253 e. The van der Waals surface area contributed by atoms with Crippen molar-refractivity contribution in [2.24, 2.45) is 0 Å². The van der Waals surface area contributed by atoms with E-state index in [-0.39, 0.29) is 0 Å². The Kier molecular flexibility index (Phi) is 3.13. The summed E-state index contributed by atoms with van der Waals surface area (Å²) in [5.41, 5.74) is 2.92. The van der Waals surface area contributed by atoms with Crippen LogP contribution in [0.4, 0.5) is 0 Å². The maximum atomic E-state index is 4.82. The van der Waals surface area contributed by atoms with Crippen LogP contribution in [0.2, 0.25) is 0 Å². The summed E-state index contributed by atoms with van der Waals surface area (Å²) in [5, 5.41) is 7.07. The number of hydrogen-bond donors (Lipinski definition) is 0. The van der Waals surface area contributed by atoms with Crippen LogP contribution in [0.5, 0.6) is 0 Å². The van der Waals surface area contributed by atoms with Crippen LogP contribution in [0.25, 0.3) is 33.8 Å². The average Bonchev–Trinajstić information content (AvgIpc) is 3.41. The predicted molar refractivity (Wildman–Crippen MR) is 97.0 cm³/mol. The van der Waals surface area contributed by atoms with E-state index in [0.717, 1.165) is 35.4 Å². The Morgan fingerprint density at radius 1 is 0.920 bits per heavy atom. The molecule has 4 aromatic rings. The molecule has 0 radical (unpaired) electrons. The summed E-state index contributed by atoms with van der Waals surface area (Å²) >= 11 is 0. The van der Waals surface area contributed by atoms with Gasteiger partial charge < -0.3 is 0 Å². The van der Waals surface area contributed by atoms with Crippen LogP contribution in [-0.4, -0.2) is 24.7 Å². The van der Waals surface area contributed by atoms with Crippen molar-refractivity contribution in [3.05, 3.63) is 60.4 Å². The van der Waals surface area contributed by atoms with Gasteiger partial charge in [0.25, 0.3) is 0 Å². The molecule has 0 unspecified atom stereocenters. The molecule has 1 saturated carbocycles. The van der Waals surface area contributed by atoms with Gasteiger partial charge in [0.05, 0.1) is 6.04 Å². The van der Waals surface area contributed by atoms with E-state index in [4.69, 9.17) is 10.1 Å². The lowest BCUT2D eigenvalue weighted by Gasteiger charge is -2.08. The van der Waals surface area contributed by atoms with Crippen LogP contribution in [0.3, 0.4) is 0 Å². The molecule has 0 bridgehead atoms. The average molecular weight is 327 g/mol. The molecule has 1 fully saturated rings. The van der Waals surface area contributed by atoms with Gasteiger partial charge in [-0.05, 0) is 48.9 Å². The van der Waals surface area contributed by atoms with E-state index < -0.39 is 0 Å². The first-order valence-corrected chi connectivity index (χ1v) is 8.54. The second-order valence-corrected chi connectivity index (χ2v) is 6.48. The smallest absolute Gasteiger partial charge is 0.200 e. The van der Waals surface area contributed by atoms with E-state index in [0.29, 0.717) is 11.9 Å². The van der Waals surface area contributed by atoms with Crippen LogP contribution >= 0.6 is 0 Å². The van der Waals surface area contributed by atoms with E-state index in [1.54, 1.807) is 6.20 Å². The molecule has 1 aliphatic carbocycles. The highest BCUT2D eigenvalue weighted by molar-refractivity contribution is 5.95. The highest BCUT2D eigenvalue weighted by Gasteiger charge is 2.30. The van der Waals surface area contributed by atoms with Gasteiger partial charge >= 0.3 is 0 Å². The first kappa shape index (κ1) is 14.3. The minimum atomic E-state index is 0.418. The summed E-state index contributed by atoms with van der Waals surface area (Å²) in [4.78, 5) is 13.9. The second-order valence-electron chi connectivity index (χ2n) is 6.48. The summed E-state index contributed by atoms with van der Waals surface area (Å²) in [5.74, 6) is 1.49. The molecule has 3 aromatic heterocycles. The second kappa shape index (κ2) is 5.48. The summed E-state index contributed by atoms with van der Waals surface area (Å²) in [7, 11) is 0. The van der Waals surface area contributed by atoms with Crippen molar-refractivity contribution in [2.75, 3.05) is 0 Å². The van der Waals surface area contributed by atoms with E-state index >= 15 is 0 Å². The highest BCUT2D eigenvalue weighted by atomic mass is 15.4. The normalized spacial score (nSPS) is 14.1. The number of aryl methyl sites for hydroxylation is 1. The van der Waals surface area contributed by atoms with Crippen LogP contribution in [0, 0.1) is 6.92 Å². The number of aromatic nitrogens is 5. The zero-order valence-electron chi connectivity index (χ0n) is 13.9. The van der Waals surface area contributed by atoms with Gasteiger partial charge in [-0.2, -0.15) is 0 Å². The molecule has 122 valence electrons. The Balaban J connectivity index is 1.75. The molecule has 25 heavy (non-hydrogen) atoms. The lowest BCUT2D eigenvalue weighted by Crippen LogP contribution is -2.01. The number of rotatable bonds is 3. The number of fused-ring (bicyclic) bond motifs is 1. The summed E-state index contributed by atoms with van der Waals surface area (Å²) in [6, 6.07) is 14.6. The number of pyridine rings is 2. The Morgan fingerprint density at radius 2 is 1.84 bits per heavy atom. The third-order valence-corrected chi connectivity index (χ3v) is 4.65. The number of nitrogens with zero attached hydrogens (tertiary/aromatic N) is 5. The Bertz CT molecular complexity index is 1060. The van der Waals surface area contributed by atoms with Crippen molar-refractivity contribution >= 4 is 10.8 Å². The van der Waals surface area contributed by atoms with Crippen molar-refractivity contribution in [3.63, 3.8) is 0 Å². The Morgan fingerprint density at radius 3 is 2.64 bits per heavy atom. The van der Waals surface area contributed by atoms with E-state index in [9.17, 15) is 0 Å². The van der Waals surface area contributed by atoms with Crippen molar-refractivity contribution in [2.45, 2.75) is 25.8 Å². The van der Waals surface area contributed by atoms with Crippen LogP contribution < -0.4 is 0 Å². The van der Waals surface area contributed by atoms with Gasteiger partial charge in [0.1, 0.15) is 11.4 Å². The Hall–Kier alpha value is -3.08. The third-order valence-electron chi connectivity index (χ3n) is 4.65. The summed E-state index contributed by atoms with van der Waals surface area (Å²) in [6.45, 7) is 2.12. The first-order valence-electron chi connectivity index (χ1n) is 8.54. The molecule has 0 saturated heterocycles. The van der Waals surface area contributed by atoms with Crippen molar-refractivity contribution in [3.8, 4) is 23.0 Å². The van der Waals surface area contributed by atoms with E-state index in [2.05, 4.69) is 41.2 Å². The fraction of sp³-hybridized carbons (Fsp3) is 0.200. The standard InChI is InChI=1S/C20H17N5/c1-13-5-4-6-16-15(13)10-12-22-18(16)20-23-19(17-7-2-3-11-21-17)24-25(20)14-8-9-14/h2-7,10-12,14H,8-9H2,1H3. The molecule has 1 aliphatic rings. The fourth-order valence-electron chi connectivity index (χ4n) is 3.20. The van der Waals surface area contributed by atoms with E-state index in [1.165, 1.54) is 10.9 Å². The van der Waals surface area contributed by atoms with Gasteiger partial charge in [0.2, 0.25) is 0 Å². The molecule has 5 heteroatoms. The van der Waals surface area contributed by atoms with Crippen LogP contribution in [0.1, 0.15) is 24.4 Å². The zero-order chi connectivity index (χ0) is 16.8. The van der Waals surface area contributed by atoms with Gasteiger partial charge in [-0.3, -0.25) is 9.97 Å². The Labute approximate surface area is 145 Å². The van der Waals surface area contributed by atoms with Crippen LogP contribution in [-0.2, 0) is 0 Å². The molecule has 0 amide bonds. The molecule has 1 aromatic carbocycles. The number of benzene rings is 1. The van der Waals surface area contributed by atoms with Crippen molar-refractivity contribution in [1.82, 2.24) is 24.7 Å². The predicted octanol–water partition coefficient (Wildman–Crippen LogP) is 4.20. The van der Waals surface area contributed by atoms with Gasteiger partial charge in [0, 0.05) is 17.8 Å². The lowest BCUT2D eigenvalue weighted by atomic mass is 10.0. The lowest BCUT2D eigenvalue weighted by molar-refractivity contribution is 0.648. The quantitative estimate of drug-likeness (QED) is 0.566. The summed E-state index contributed by atoms with van der Waals surface area (Å²) < 4.78 is 2.04. The minimum Gasteiger partial charge on any atom is -0.253 e. The van der Waals surface area contributed by atoms with Gasteiger partial charge in [0.15, 0.2) is 11.6 Å². The molecule has 5 rings (SSSR count). The topological polar surface area (TPSA) is 56.5 Å². The number of hydrogen-bond acceptors (Lipinski definition) is 4. The molecule has 0 N–H and O–H groups in total. The van der Waals surface area contributed by atoms with Gasteiger partial charge in [-0.15, -0.1) is 5.10 Å². The maximum absolute atomic E-state index is 4.82. The molecule has 0 atom stereocenters. The molecule has 3 heterocycles. The fourth-order valence-corrected chi connectivity index (χ4v) is 3.20. The summed E-state index contributed by atoms with van der Waals surface area (Å²) in [6.07, 6.45) is 5.91. The molecule has 0 spiro atoms. The highest BCUT2D eigenvalue weighted by Crippen LogP contribution is 2.39. The molecule has 0 aliphatic heterocycles. The SMILES string of the molecule is Cc1cccc2c(-c3nc(-c4ccccn4)nn3C3CC3)nccc12. The van der Waals surface area contributed by atoms with Crippen LogP contribution in [0.15, 0.2) is 54.9 Å². The monoisotopic (exact) mass is 327 g/mol. The van der Waals surface area contributed by atoms with E-state index in [1.807, 2.05) is 29.1 Å². The first-order chi connectivity index (χ1) is 12.3. The van der Waals surface area contributed by atoms with Gasteiger partial charge in [-0.1, -0.05) is 24.3 Å². The molecular weight excluding hydrogens is 310 g/mol. The van der Waals surface area contributed by atoms with Gasteiger partial charge in [-0.25, -0.2) is 9.67 Å². The van der Waals surface area contributed by atoms with Crippen molar-refractivity contribution in [1.29, 1.82) is 0 Å². The third kappa shape index (κ3) is 2.39. The maximum Gasteiger partial charge on any atom is 0.200 e. The molecular formula is C20H17N5. The zero-order valence-corrected chi connectivity index (χ0v) is 13.9. The van der Waals surface area contributed by atoms with Crippen molar-refractivity contribution < 1.29 is 0 Å². The molecule has 5 nitrogen and oxygen atoms in total. The minimum absolute atomic E-state index is 0.418.